The Morgan fingerprint density at radius 1 is 0.958 bits per heavy atom. The monoisotopic (exact) mass is 669 g/mol. The first-order chi connectivity index (χ1) is 23.4. The van der Waals surface area contributed by atoms with Crippen molar-refractivity contribution in [1.29, 1.82) is 0 Å². The van der Waals surface area contributed by atoms with E-state index >= 15 is 0 Å². The van der Waals surface area contributed by atoms with Crippen LogP contribution in [0.3, 0.4) is 0 Å². The molecule has 4 aromatic rings. The minimum Gasteiger partial charge on any atom is -0.484 e. The average molecular weight is 670 g/mol. The number of para-hydroxylation sites is 1. The number of methoxy groups -OCH3 is 1. The summed E-state index contributed by atoms with van der Waals surface area (Å²) in [6.07, 6.45) is -0.891. The highest BCUT2D eigenvalue weighted by Gasteiger charge is 2.54. The highest BCUT2D eigenvalue weighted by molar-refractivity contribution is 8.00. The second kappa shape index (κ2) is 14.9. The molecule has 0 aliphatic carbocycles. The lowest BCUT2D eigenvalue weighted by atomic mass is 10.0. The van der Waals surface area contributed by atoms with E-state index in [2.05, 4.69) is 15.2 Å². The molecular weight excluding hydrogens is 638 g/mol. The number of ether oxygens (including phenoxy) is 4. The van der Waals surface area contributed by atoms with Crippen LogP contribution in [0.4, 0.5) is 0 Å². The number of hydrogen-bond acceptors (Lipinski definition) is 11. The van der Waals surface area contributed by atoms with Gasteiger partial charge in [0.2, 0.25) is 0 Å². The first kappa shape index (κ1) is 32.4. The Bertz CT molecular complexity index is 1760. The van der Waals surface area contributed by atoms with E-state index in [0.29, 0.717) is 17.1 Å². The molecule has 3 aromatic carbocycles. The first-order valence-corrected chi connectivity index (χ1v) is 16.1. The maximum absolute atomic E-state index is 14.1. The Kier molecular flexibility index (Phi) is 10.1. The van der Waals surface area contributed by atoms with Gasteiger partial charge in [-0.15, -0.1) is 11.8 Å². The van der Waals surface area contributed by atoms with Crippen LogP contribution in [0.25, 0.3) is 0 Å². The van der Waals surface area contributed by atoms with Crippen molar-refractivity contribution in [2.45, 2.75) is 23.9 Å². The highest BCUT2D eigenvalue weighted by Crippen LogP contribution is 2.41. The SMILES string of the molecule is COC(=O)Cc1cc(OCC2=C(C(=O)OC(c3ccccc3)c3ccccc3)N3C(=O)C(NC(=O)COc4ccccc4)[C@H]3SC2)no1. The Balaban J connectivity index is 1.23. The zero-order valence-corrected chi connectivity index (χ0v) is 26.6. The average Bonchev–Trinajstić information content (AvgIpc) is 3.58. The number of hydrogen-bond donors (Lipinski definition) is 1. The van der Waals surface area contributed by atoms with Crippen molar-refractivity contribution in [2.75, 3.05) is 26.1 Å². The van der Waals surface area contributed by atoms with Crippen molar-refractivity contribution in [1.82, 2.24) is 15.4 Å². The molecule has 48 heavy (non-hydrogen) atoms. The van der Waals surface area contributed by atoms with E-state index in [1.54, 1.807) is 24.3 Å². The van der Waals surface area contributed by atoms with Crippen LogP contribution < -0.4 is 14.8 Å². The molecule has 0 bridgehead atoms. The number of carbonyl (C=O) groups excluding carboxylic acids is 4. The van der Waals surface area contributed by atoms with E-state index in [9.17, 15) is 19.2 Å². The van der Waals surface area contributed by atoms with E-state index < -0.39 is 41.3 Å². The van der Waals surface area contributed by atoms with Gasteiger partial charge in [0, 0.05) is 17.4 Å². The molecule has 1 N–H and O–H groups in total. The summed E-state index contributed by atoms with van der Waals surface area (Å²) in [5.41, 5.74) is 2.00. The second-order valence-electron chi connectivity index (χ2n) is 10.8. The van der Waals surface area contributed by atoms with Crippen LogP contribution in [0.1, 0.15) is 23.0 Å². The van der Waals surface area contributed by atoms with Gasteiger partial charge in [0.25, 0.3) is 17.7 Å². The number of rotatable bonds is 13. The minimum absolute atomic E-state index is 0.0323. The fourth-order valence-corrected chi connectivity index (χ4v) is 6.56. The molecule has 1 fully saturated rings. The lowest BCUT2D eigenvalue weighted by Crippen LogP contribution is -2.71. The number of carbonyl (C=O) groups is 4. The fourth-order valence-electron chi connectivity index (χ4n) is 5.23. The van der Waals surface area contributed by atoms with Crippen molar-refractivity contribution in [2.24, 2.45) is 0 Å². The molecule has 2 amide bonds. The topological polar surface area (TPSA) is 146 Å². The summed E-state index contributed by atoms with van der Waals surface area (Å²) >= 11 is 1.37. The van der Waals surface area contributed by atoms with Gasteiger partial charge >= 0.3 is 11.9 Å². The highest BCUT2D eigenvalue weighted by atomic mass is 32.2. The number of esters is 2. The lowest BCUT2D eigenvalue weighted by molar-refractivity contribution is -0.155. The number of β-lactam (4-membered cyclic amide) rings is 1. The minimum atomic E-state index is -0.873. The van der Waals surface area contributed by atoms with Gasteiger partial charge in [0.05, 0.1) is 7.11 Å². The largest absolute Gasteiger partial charge is 0.484 e. The van der Waals surface area contributed by atoms with Crippen LogP contribution >= 0.6 is 11.8 Å². The summed E-state index contributed by atoms with van der Waals surface area (Å²) in [5.74, 6) is -1.03. The van der Waals surface area contributed by atoms with E-state index in [1.807, 2.05) is 66.7 Å². The van der Waals surface area contributed by atoms with Gasteiger partial charge in [0.15, 0.2) is 18.5 Å². The van der Waals surface area contributed by atoms with Gasteiger partial charge in [0.1, 0.15) is 35.9 Å². The third-order valence-electron chi connectivity index (χ3n) is 7.58. The van der Waals surface area contributed by atoms with E-state index in [0.717, 1.165) is 11.1 Å². The van der Waals surface area contributed by atoms with Gasteiger partial charge in [-0.3, -0.25) is 19.3 Å². The predicted molar refractivity (Wildman–Crippen MR) is 173 cm³/mol. The molecule has 6 rings (SSSR count). The third kappa shape index (κ3) is 7.36. The molecule has 0 radical (unpaired) electrons. The van der Waals surface area contributed by atoms with Crippen LogP contribution in [0.2, 0.25) is 0 Å². The molecule has 1 saturated heterocycles. The lowest BCUT2D eigenvalue weighted by Gasteiger charge is -2.49. The molecule has 3 heterocycles. The fraction of sp³-hybridized carbons (Fsp3) is 0.229. The summed E-state index contributed by atoms with van der Waals surface area (Å²) in [4.78, 5) is 53.4. The maximum atomic E-state index is 14.1. The third-order valence-corrected chi connectivity index (χ3v) is 8.92. The Morgan fingerprint density at radius 3 is 2.25 bits per heavy atom. The van der Waals surface area contributed by atoms with Gasteiger partial charge in [-0.25, -0.2) is 4.79 Å². The number of benzene rings is 3. The van der Waals surface area contributed by atoms with Crippen LogP contribution in [0, 0.1) is 0 Å². The standard InChI is InChI=1S/C35H31N3O9S/c1-43-29(40)18-26-17-28(37-47-26)45-19-24-21-48-34-30(36-27(39)20-44-25-15-9-4-10-16-25)33(41)38(34)31(24)35(42)46-32(22-11-5-2-6-12-22)23-13-7-3-8-14-23/h2-17,30,32,34H,18-21H2,1H3,(H,36,39)/t30?,34-/m1/s1. The van der Waals surface area contributed by atoms with Gasteiger partial charge < -0.3 is 28.8 Å². The molecule has 12 nitrogen and oxygen atoms in total. The first-order valence-electron chi connectivity index (χ1n) is 15.0. The van der Waals surface area contributed by atoms with Crippen LogP contribution in [0.5, 0.6) is 11.6 Å². The van der Waals surface area contributed by atoms with Gasteiger partial charge in [-0.1, -0.05) is 78.9 Å². The number of fused-ring (bicyclic) bond motifs is 1. The molecule has 1 aromatic heterocycles. The Labute approximate surface area is 280 Å². The van der Waals surface area contributed by atoms with Gasteiger partial charge in [-0.05, 0) is 28.4 Å². The summed E-state index contributed by atoms with van der Waals surface area (Å²) in [7, 11) is 1.27. The number of nitrogens with one attached hydrogen (secondary N) is 1. The molecule has 1 unspecified atom stereocenters. The second-order valence-corrected chi connectivity index (χ2v) is 11.9. The molecule has 13 heteroatoms. The molecule has 2 atom stereocenters. The van der Waals surface area contributed by atoms with E-state index in [-0.39, 0.29) is 37.0 Å². The molecule has 2 aliphatic rings. The van der Waals surface area contributed by atoms with Crippen LogP contribution in [-0.2, 0) is 35.1 Å². The van der Waals surface area contributed by atoms with Crippen molar-refractivity contribution in [3.63, 3.8) is 0 Å². The van der Waals surface area contributed by atoms with E-state index in [4.69, 9.17) is 18.7 Å². The maximum Gasteiger partial charge on any atom is 0.356 e. The summed E-state index contributed by atoms with van der Waals surface area (Å²) in [6.45, 7) is -0.401. The summed E-state index contributed by atoms with van der Waals surface area (Å²) in [6, 6.07) is 28.0. The molecule has 0 spiro atoms. The van der Waals surface area contributed by atoms with Crippen molar-refractivity contribution in [3.05, 3.63) is 125 Å². The van der Waals surface area contributed by atoms with E-state index in [1.165, 1.54) is 29.8 Å². The molecule has 0 saturated carbocycles. The predicted octanol–water partition coefficient (Wildman–Crippen LogP) is 3.83. The summed E-state index contributed by atoms with van der Waals surface area (Å²) < 4.78 is 27.4. The number of thioether (sulfide) groups is 1. The number of aromatic nitrogens is 1. The van der Waals surface area contributed by atoms with Crippen molar-refractivity contribution >= 4 is 35.5 Å². The zero-order valence-electron chi connectivity index (χ0n) is 25.8. The summed E-state index contributed by atoms with van der Waals surface area (Å²) in [5, 5.41) is 6.02. The zero-order chi connectivity index (χ0) is 33.5. The Hall–Kier alpha value is -5.56. The molecular formula is C35H31N3O9S. The van der Waals surface area contributed by atoms with Crippen LogP contribution in [-0.4, -0.2) is 71.3 Å². The van der Waals surface area contributed by atoms with Gasteiger partial charge in [-0.2, -0.15) is 0 Å². The quantitative estimate of drug-likeness (QED) is 0.164. The molecule has 246 valence electrons. The molecule has 2 aliphatic heterocycles. The number of amides is 2. The van der Waals surface area contributed by atoms with Crippen LogP contribution in [0.15, 0.2) is 113 Å². The number of nitrogens with zero attached hydrogens (tertiary/aromatic N) is 2. The normalized spacial score (nSPS) is 16.9. The van der Waals surface area contributed by atoms with Crippen molar-refractivity contribution < 1.29 is 42.6 Å². The van der Waals surface area contributed by atoms with Crippen molar-refractivity contribution in [3.8, 4) is 11.6 Å². The smallest absolute Gasteiger partial charge is 0.356 e. The Morgan fingerprint density at radius 2 is 1.60 bits per heavy atom.